The van der Waals surface area contributed by atoms with Gasteiger partial charge in [0.15, 0.2) is 17.6 Å². The van der Waals surface area contributed by atoms with Gasteiger partial charge in [0.1, 0.15) is 6.61 Å². The largest absolute Gasteiger partial charge is 0.748 e. The van der Waals surface area contributed by atoms with E-state index in [0.717, 1.165) is 54.8 Å². The third-order valence-electron chi connectivity index (χ3n) is 4.58. The maximum Gasteiger partial charge on any atom is 0.172 e. The second-order valence-corrected chi connectivity index (χ2v) is 9.91. The normalized spacial score (nSPS) is 17.2. The molecule has 156 valence electrons. The molecule has 0 aliphatic carbocycles. The van der Waals surface area contributed by atoms with Crippen molar-refractivity contribution in [3.8, 4) is 11.5 Å². The number of hydrogen-bond acceptors (Lipinski definition) is 7. The molecule has 2 rings (SSSR count). The minimum absolute atomic E-state index is 0.0388. The van der Waals surface area contributed by atoms with Crippen molar-refractivity contribution in [3.63, 3.8) is 0 Å². The van der Waals surface area contributed by atoms with Crippen LogP contribution in [0.5, 0.6) is 11.5 Å². The van der Waals surface area contributed by atoms with E-state index in [4.69, 9.17) is 14.2 Å². The van der Waals surface area contributed by atoms with Gasteiger partial charge in [-0.25, -0.2) is 8.42 Å². The maximum absolute atomic E-state index is 10.7. The van der Waals surface area contributed by atoms with Crippen molar-refractivity contribution in [2.75, 3.05) is 52.8 Å². The molecule has 0 aromatic carbocycles. The van der Waals surface area contributed by atoms with Crippen molar-refractivity contribution in [1.82, 2.24) is 0 Å². The molecule has 0 amide bonds. The average molecular weight is 422 g/mol. The first-order valence-electron chi connectivity index (χ1n) is 9.44. The van der Waals surface area contributed by atoms with Crippen LogP contribution in [0.2, 0.25) is 0 Å². The fourth-order valence-corrected chi connectivity index (χ4v) is 4.19. The molecule has 0 N–H and O–H groups in total. The van der Waals surface area contributed by atoms with Crippen LogP contribution in [-0.4, -0.2) is 76.3 Å². The smallest absolute Gasteiger partial charge is 0.172 e. The lowest BCUT2D eigenvalue weighted by atomic mass is 10.2. The molecule has 0 spiro atoms. The van der Waals surface area contributed by atoms with Crippen molar-refractivity contribution >= 4 is 21.5 Å². The van der Waals surface area contributed by atoms with E-state index in [-0.39, 0.29) is 11.9 Å². The minimum atomic E-state index is -4.09. The van der Waals surface area contributed by atoms with Crippen LogP contribution in [0, 0.1) is 0 Å². The van der Waals surface area contributed by atoms with Gasteiger partial charge in [0.2, 0.25) is 0 Å². The number of fused-ring (bicyclic) bond motifs is 1. The molecule has 0 fully saturated rings. The average Bonchev–Trinajstić information content (AvgIpc) is 3.03. The summed E-state index contributed by atoms with van der Waals surface area (Å²) in [5.74, 6) is 1.37. The van der Waals surface area contributed by atoms with E-state index in [1.807, 2.05) is 10.8 Å². The molecule has 1 aliphatic rings. The van der Waals surface area contributed by atoms with E-state index < -0.39 is 10.1 Å². The molecular formula is C18H31NO6S2. The third kappa shape index (κ3) is 9.25. The highest BCUT2D eigenvalue weighted by Crippen LogP contribution is 2.35. The van der Waals surface area contributed by atoms with Crippen molar-refractivity contribution in [1.29, 1.82) is 0 Å². The Morgan fingerprint density at radius 1 is 1.15 bits per heavy atom. The standard InChI is InChI=1S/C18H31NO6S2/c1-19(2,9-7-11-27(20,21)22)8-5-3-4-6-10-23-12-16-13-24-17-14-26-15-18(17)25-16/h14-16H,3-13H2,1-2H3. The van der Waals surface area contributed by atoms with Crippen molar-refractivity contribution in [3.05, 3.63) is 10.8 Å². The highest BCUT2D eigenvalue weighted by atomic mass is 32.2. The van der Waals surface area contributed by atoms with Gasteiger partial charge in [-0.15, -0.1) is 11.3 Å². The summed E-state index contributed by atoms with van der Waals surface area (Å²) in [6.45, 7) is 3.48. The Hall–Kier alpha value is -0.870. The third-order valence-corrected chi connectivity index (χ3v) is 6.06. The number of quaternary nitrogens is 1. The number of ether oxygens (including phenoxy) is 3. The summed E-state index contributed by atoms with van der Waals surface area (Å²) >= 11 is 1.57. The summed E-state index contributed by atoms with van der Waals surface area (Å²) in [6.07, 6.45) is 4.70. The van der Waals surface area contributed by atoms with Crippen LogP contribution in [-0.2, 0) is 14.9 Å². The first-order chi connectivity index (χ1) is 12.8. The summed E-state index contributed by atoms with van der Waals surface area (Å²) in [7, 11) is 0.0555. The Morgan fingerprint density at radius 2 is 1.85 bits per heavy atom. The molecule has 1 atom stereocenters. The van der Waals surface area contributed by atoms with E-state index >= 15 is 0 Å². The van der Waals surface area contributed by atoms with Crippen LogP contribution < -0.4 is 9.47 Å². The van der Waals surface area contributed by atoms with E-state index in [0.29, 0.717) is 26.2 Å². The summed E-state index contributed by atoms with van der Waals surface area (Å²) in [4.78, 5) is 0. The molecule has 1 unspecified atom stereocenters. The van der Waals surface area contributed by atoms with Gasteiger partial charge in [-0.2, -0.15) is 0 Å². The van der Waals surface area contributed by atoms with Gasteiger partial charge in [-0.05, 0) is 19.3 Å². The summed E-state index contributed by atoms with van der Waals surface area (Å²) in [5, 5.41) is 3.89. The van der Waals surface area contributed by atoms with Gasteiger partial charge in [-0.3, -0.25) is 0 Å². The van der Waals surface area contributed by atoms with E-state index in [9.17, 15) is 13.0 Å². The monoisotopic (exact) mass is 421 g/mol. The van der Waals surface area contributed by atoms with Gasteiger partial charge in [0, 0.05) is 29.5 Å². The molecule has 0 saturated heterocycles. The van der Waals surface area contributed by atoms with Gasteiger partial charge in [0.25, 0.3) is 0 Å². The lowest BCUT2D eigenvalue weighted by Crippen LogP contribution is -2.41. The van der Waals surface area contributed by atoms with Gasteiger partial charge >= 0.3 is 0 Å². The minimum Gasteiger partial charge on any atom is -0.748 e. The van der Waals surface area contributed by atoms with Crippen LogP contribution in [0.4, 0.5) is 0 Å². The fraction of sp³-hybridized carbons (Fsp3) is 0.778. The van der Waals surface area contributed by atoms with Crippen molar-refractivity contribution in [2.45, 2.75) is 38.2 Å². The molecule has 2 heterocycles. The Kier molecular flexibility index (Phi) is 8.81. The first kappa shape index (κ1) is 22.4. The van der Waals surface area contributed by atoms with Crippen molar-refractivity contribution < 1.29 is 31.7 Å². The fourth-order valence-electron chi connectivity index (χ4n) is 3.04. The number of hydrogen-bond donors (Lipinski definition) is 0. The van der Waals surface area contributed by atoms with E-state index in [1.54, 1.807) is 11.3 Å². The molecule has 27 heavy (non-hydrogen) atoms. The second kappa shape index (κ2) is 10.6. The molecule has 0 saturated carbocycles. The van der Waals surface area contributed by atoms with E-state index in [2.05, 4.69) is 14.1 Å². The molecule has 0 bridgehead atoms. The number of rotatable bonds is 13. The van der Waals surface area contributed by atoms with Gasteiger partial charge in [0.05, 0.1) is 43.9 Å². The predicted octanol–water partition coefficient (Wildman–Crippen LogP) is 2.48. The molecule has 1 aromatic heterocycles. The van der Waals surface area contributed by atoms with Crippen LogP contribution in [0.25, 0.3) is 0 Å². The molecular weight excluding hydrogens is 390 g/mol. The maximum atomic E-state index is 10.7. The Labute approximate surface area is 166 Å². The van der Waals surface area contributed by atoms with E-state index in [1.165, 1.54) is 0 Å². The SMILES string of the molecule is C[N+](C)(CCCCCCOCC1COc2cscc2O1)CCCS(=O)(=O)[O-]. The van der Waals surface area contributed by atoms with Crippen LogP contribution >= 0.6 is 11.3 Å². The van der Waals surface area contributed by atoms with Crippen LogP contribution in [0.15, 0.2) is 10.8 Å². The lowest BCUT2D eigenvalue weighted by Gasteiger charge is -2.30. The highest BCUT2D eigenvalue weighted by Gasteiger charge is 2.21. The number of nitrogens with zero attached hydrogens (tertiary/aromatic N) is 1. The molecule has 0 radical (unpaired) electrons. The first-order valence-corrected chi connectivity index (χ1v) is 12.0. The molecule has 7 nitrogen and oxygen atoms in total. The summed E-state index contributed by atoms with van der Waals surface area (Å²) in [6, 6.07) is 0. The number of unbranched alkanes of at least 4 members (excludes halogenated alkanes) is 3. The Bertz CT molecular complexity index is 659. The summed E-state index contributed by atoms with van der Waals surface area (Å²) in [5.41, 5.74) is 0. The van der Waals surface area contributed by atoms with Crippen LogP contribution in [0.1, 0.15) is 32.1 Å². The van der Waals surface area contributed by atoms with Gasteiger partial charge < -0.3 is 23.2 Å². The molecule has 9 heteroatoms. The lowest BCUT2D eigenvalue weighted by molar-refractivity contribution is -0.890. The zero-order valence-corrected chi connectivity index (χ0v) is 17.9. The zero-order chi connectivity index (χ0) is 19.8. The zero-order valence-electron chi connectivity index (χ0n) is 16.2. The topological polar surface area (TPSA) is 84.9 Å². The second-order valence-electron chi connectivity index (χ2n) is 7.64. The Balaban J connectivity index is 1.44. The van der Waals surface area contributed by atoms with Gasteiger partial charge in [-0.1, -0.05) is 6.42 Å². The van der Waals surface area contributed by atoms with Crippen molar-refractivity contribution in [2.24, 2.45) is 0 Å². The summed E-state index contributed by atoms with van der Waals surface area (Å²) < 4.78 is 49.8. The Morgan fingerprint density at radius 3 is 2.63 bits per heavy atom. The number of thiophene rings is 1. The molecule has 1 aliphatic heterocycles. The molecule has 1 aromatic rings. The predicted molar refractivity (Wildman–Crippen MR) is 105 cm³/mol. The van der Waals surface area contributed by atoms with Crippen LogP contribution in [0.3, 0.4) is 0 Å². The highest BCUT2D eigenvalue weighted by molar-refractivity contribution is 7.85. The quantitative estimate of drug-likeness (QED) is 0.276.